The molecule has 26 heavy (non-hydrogen) atoms. The molecule has 1 amide bonds. The lowest BCUT2D eigenvalue weighted by Gasteiger charge is -2.07. The highest BCUT2D eigenvalue weighted by Crippen LogP contribution is 2.15. The van der Waals surface area contributed by atoms with Crippen LogP contribution < -0.4 is 10.1 Å². The number of nitrogens with one attached hydrogen (secondary N) is 1. The van der Waals surface area contributed by atoms with E-state index in [0.717, 1.165) is 5.56 Å². The van der Waals surface area contributed by atoms with Crippen LogP contribution in [0.2, 0.25) is 0 Å². The van der Waals surface area contributed by atoms with Gasteiger partial charge in [0.05, 0.1) is 0 Å². The first-order chi connectivity index (χ1) is 12.3. The number of nitro groups is 1. The molecule has 0 saturated carbocycles. The topological polar surface area (TPSA) is 99.3 Å². The smallest absolute Gasteiger partial charge is 0.387 e. The normalized spacial score (nSPS) is 10.8. The van der Waals surface area contributed by atoms with Crippen LogP contribution in [0.4, 0.5) is 14.6 Å². The van der Waals surface area contributed by atoms with Gasteiger partial charge in [-0.1, -0.05) is 12.1 Å². The summed E-state index contributed by atoms with van der Waals surface area (Å²) in [6.07, 6.45) is 2.00. The van der Waals surface area contributed by atoms with Gasteiger partial charge in [0.15, 0.2) is 0 Å². The molecule has 0 aliphatic heterocycles. The summed E-state index contributed by atoms with van der Waals surface area (Å²) in [7, 11) is 0. The first-order valence-corrected chi connectivity index (χ1v) is 7.84. The van der Waals surface area contributed by atoms with Crippen LogP contribution in [-0.4, -0.2) is 33.5 Å². The first kappa shape index (κ1) is 19.3. The summed E-state index contributed by atoms with van der Waals surface area (Å²) in [5.41, 5.74) is 0.869. The molecule has 1 aromatic carbocycles. The number of hydrogen-bond acceptors (Lipinski definition) is 5. The van der Waals surface area contributed by atoms with Crippen molar-refractivity contribution in [3.05, 3.63) is 52.0 Å². The van der Waals surface area contributed by atoms with Gasteiger partial charge in [-0.15, -0.1) is 0 Å². The van der Waals surface area contributed by atoms with Crippen LogP contribution in [0.15, 0.2) is 30.5 Å². The Morgan fingerprint density at radius 1 is 1.38 bits per heavy atom. The molecular formula is C16H18F2N4O4. The fourth-order valence-electron chi connectivity index (χ4n) is 2.30. The molecule has 1 heterocycles. The van der Waals surface area contributed by atoms with Crippen LogP contribution in [-0.2, 0) is 17.8 Å². The minimum absolute atomic E-state index is 0.0811. The summed E-state index contributed by atoms with van der Waals surface area (Å²) in [5.74, 6) is 0.105. The van der Waals surface area contributed by atoms with E-state index in [2.05, 4.69) is 15.0 Å². The third kappa shape index (κ3) is 5.80. The maximum atomic E-state index is 12.1. The van der Waals surface area contributed by atoms with Crippen molar-refractivity contribution < 1.29 is 23.2 Å². The average molecular weight is 368 g/mol. The van der Waals surface area contributed by atoms with Gasteiger partial charge in [0, 0.05) is 26.4 Å². The molecule has 0 aliphatic rings. The van der Waals surface area contributed by atoms with Crippen molar-refractivity contribution >= 4 is 11.7 Å². The molecular weight excluding hydrogens is 350 g/mol. The second-order valence-electron chi connectivity index (χ2n) is 5.47. The van der Waals surface area contributed by atoms with Gasteiger partial charge >= 0.3 is 12.4 Å². The second-order valence-corrected chi connectivity index (χ2v) is 5.47. The molecule has 0 aliphatic carbocycles. The summed E-state index contributed by atoms with van der Waals surface area (Å²) < 4.78 is 29.9. The van der Waals surface area contributed by atoms with Crippen molar-refractivity contribution in [3.8, 4) is 5.75 Å². The van der Waals surface area contributed by atoms with Crippen molar-refractivity contribution in [1.29, 1.82) is 0 Å². The minimum atomic E-state index is -2.86. The van der Waals surface area contributed by atoms with Gasteiger partial charge < -0.3 is 24.7 Å². The lowest BCUT2D eigenvalue weighted by Crippen LogP contribution is -2.26. The predicted octanol–water partition coefficient (Wildman–Crippen LogP) is 2.45. The summed E-state index contributed by atoms with van der Waals surface area (Å²) in [4.78, 5) is 25.7. The quantitative estimate of drug-likeness (QED) is 0.541. The summed E-state index contributed by atoms with van der Waals surface area (Å²) in [5, 5.41) is 13.4. The molecule has 2 aromatic rings. The van der Waals surface area contributed by atoms with E-state index in [1.165, 1.54) is 18.3 Å². The Labute approximate surface area is 147 Å². The fourth-order valence-corrected chi connectivity index (χ4v) is 2.30. The molecule has 8 nitrogen and oxygen atoms in total. The van der Waals surface area contributed by atoms with Gasteiger partial charge in [-0.05, 0) is 34.0 Å². The Kier molecular flexibility index (Phi) is 6.59. The molecule has 10 heteroatoms. The molecule has 0 unspecified atom stereocenters. The van der Waals surface area contributed by atoms with E-state index in [0.29, 0.717) is 18.8 Å². The Bertz CT molecular complexity index is 762. The number of aromatic nitrogens is 2. The van der Waals surface area contributed by atoms with Crippen LogP contribution in [0.3, 0.4) is 0 Å². The zero-order chi connectivity index (χ0) is 19.1. The number of rotatable bonds is 9. The molecule has 0 radical (unpaired) electrons. The van der Waals surface area contributed by atoms with E-state index in [1.807, 2.05) is 0 Å². The van der Waals surface area contributed by atoms with Gasteiger partial charge in [-0.3, -0.25) is 4.79 Å². The number of carbonyl (C=O) groups is 1. The molecule has 0 bridgehead atoms. The van der Waals surface area contributed by atoms with E-state index in [4.69, 9.17) is 0 Å². The third-order valence-electron chi connectivity index (χ3n) is 3.61. The lowest BCUT2D eigenvalue weighted by atomic mass is 10.1. The summed E-state index contributed by atoms with van der Waals surface area (Å²) >= 11 is 0. The lowest BCUT2D eigenvalue weighted by molar-refractivity contribution is -0.389. The second kappa shape index (κ2) is 8.88. The first-order valence-electron chi connectivity index (χ1n) is 7.84. The highest BCUT2D eigenvalue weighted by molar-refractivity contribution is 5.75. The number of imidazole rings is 1. The zero-order valence-electron chi connectivity index (χ0n) is 14.0. The van der Waals surface area contributed by atoms with E-state index >= 15 is 0 Å². The fraction of sp³-hybridized carbons (Fsp3) is 0.375. The summed E-state index contributed by atoms with van der Waals surface area (Å²) in [6, 6.07) is 6.19. The van der Waals surface area contributed by atoms with Gasteiger partial charge in [0.2, 0.25) is 11.7 Å². The van der Waals surface area contributed by atoms with Crippen molar-refractivity contribution in [1.82, 2.24) is 14.9 Å². The van der Waals surface area contributed by atoms with E-state index in [9.17, 15) is 23.7 Å². The molecule has 2 rings (SSSR count). The average Bonchev–Trinajstić information content (AvgIpc) is 2.95. The van der Waals surface area contributed by atoms with Gasteiger partial charge in [0.1, 0.15) is 11.9 Å². The Balaban J connectivity index is 1.73. The van der Waals surface area contributed by atoms with Crippen LogP contribution >= 0.6 is 0 Å². The number of aryl methyl sites for hydroxylation is 2. The Morgan fingerprint density at radius 3 is 2.65 bits per heavy atom. The van der Waals surface area contributed by atoms with E-state index in [-0.39, 0.29) is 30.4 Å². The Hall–Kier alpha value is -3.04. The zero-order valence-corrected chi connectivity index (χ0v) is 14.0. The van der Waals surface area contributed by atoms with E-state index in [1.54, 1.807) is 23.6 Å². The maximum Gasteiger partial charge on any atom is 0.387 e. The monoisotopic (exact) mass is 368 g/mol. The predicted molar refractivity (Wildman–Crippen MR) is 88.0 cm³/mol. The van der Waals surface area contributed by atoms with Gasteiger partial charge in [0.25, 0.3) is 0 Å². The van der Waals surface area contributed by atoms with Crippen LogP contribution in [0, 0.1) is 17.0 Å². The van der Waals surface area contributed by atoms with Crippen molar-refractivity contribution in [2.45, 2.75) is 32.9 Å². The largest absolute Gasteiger partial charge is 0.435 e. The molecule has 0 fully saturated rings. The molecule has 1 N–H and O–H groups in total. The number of amides is 1. The van der Waals surface area contributed by atoms with Crippen LogP contribution in [0.25, 0.3) is 0 Å². The van der Waals surface area contributed by atoms with E-state index < -0.39 is 11.5 Å². The Morgan fingerprint density at radius 2 is 2.08 bits per heavy atom. The van der Waals surface area contributed by atoms with Crippen molar-refractivity contribution in [3.63, 3.8) is 0 Å². The molecule has 0 spiro atoms. The molecule has 0 atom stereocenters. The van der Waals surface area contributed by atoms with Gasteiger partial charge in [-0.2, -0.15) is 8.78 Å². The number of nitrogens with zero attached hydrogens (tertiary/aromatic N) is 3. The number of halogens is 2. The highest BCUT2D eigenvalue weighted by atomic mass is 19.3. The summed E-state index contributed by atoms with van der Waals surface area (Å²) in [6.45, 7) is -0.553. The van der Waals surface area contributed by atoms with Crippen molar-refractivity contribution in [2.75, 3.05) is 6.54 Å². The number of benzene rings is 1. The standard InChI is InChI=1S/C16H18F2N4O4/c1-11-20-14(22(24)25)10-21(11)9-7-15(23)19-8-6-12-2-4-13(5-3-12)26-16(17)18/h2-5,10,16H,6-9H2,1H3,(H,19,23). The number of hydrogen-bond donors (Lipinski definition) is 1. The minimum Gasteiger partial charge on any atom is -0.435 e. The molecule has 0 saturated heterocycles. The SMILES string of the molecule is Cc1nc([N+](=O)[O-])cn1CCC(=O)NCCc1ccc(OC(F)F)cc1. The number of alkyl halides is 2. The maximum absolute atomic E-state index is 12.1. The van der Waals surface area contributed by atoms with Crippen molar-refractivity contribution in [2.24, 2.45) is 0 Å². The number of ether oxygens (including phenoxy) is 1. The van der Waals surface area contributed by atoms with Crippen LogP contribution in [0.5, 0.6) is 5.75 Å². The highest BCUT2D eigenvalue weighted by Gasteiger charge is 2.15. The van der Waals surface area contributed by atoms with Gasteiger partial charge in [-0.25, -0.2) is 0 Å². The van der Waals surface area contributed by atoms with Crippen LogP contribution in [0.1, 0.15) is 17.8 Å². The molecule has 140 valence electrons. The number of carbonyl (C=O) groups excluding carboxylic acids is 1. The molecule has 1 aromatic heterocycles. The third-order valence-corrected chi connectivity index (χ3v) is 3.61.